The molecule has 0 saturated heterocycles. The summed E-state index contributed by atoms with van der Waals surface area (Å²) in [5.41, 5.74) is 5.31. The Labute approximate surface area is 86.2 Å². The third-order valence-electron chi connectivity index (χ3n) is 2.20. The second-order valence-electron chi connectivity index (χ2n) is 3.17. The summed E-state index contributed by atoms with van der Waals surface area (Å²) >= 11 is 0. The fourth-order valence-corrected chi connectivity index (χ4v) is 1.49. The highest BCUT2D eigenvalue weighted by atomic mass is 16.2. The lowest BCUT2D eigenvalue weighted by molar-refractivity contribution is -0.129. The van der Waals surface area contributed by atoms with Gasteiger partial charge in [0.05, 0.1) is 0 Å². The van der Waals surface area contributed by atoms with Gasteiger partial charge in [0.15, 0.2) is 0 Å². The van der Waals surface area contributed by atoms with Crippen molar-refractivity contribution in [1.82, 2.24) is 4.90 Å². The molecule has 0 aliphatic carbocycles. The number of rotatable bonds is 2. The Kier molecular flexibility index (Phi) is 2.42. The van der Waals surface area contributed by atoms with Crippen molar-refractivity contribution in [3.05, 3.63) is 12.2 Å². The molecule has 0 radical (unpaired) electrons. The number of aliphatic imine (C=N–C) groups is 2. The Morgan fingerprint density at radius 1 is 1.47 bits per heavy atom. The van der Waals surface area contributed by atoms with Crippen LogP contribution in [0, 0.1) is 5.92 Å². The van der Waals surface area contributed by atoms with Gasteiger partial charge < -0.3 is 5.73 Å². The van der Waals surface area contributed by atoms with Crippen LogP contribution in [0.3, 0.4) is 0 Å². The molecule has 2 rings (SSSR count). The number of amides is 3. The number of imide groups is 1. The molecule has 0 bridgehead atoms. The lowest BCUT2D eigenvalue weighted by Crippen LogP contribution is -2.47. The van der Waals surface area contributed by atoms with E-state index in [4.69, 9.17) is 5.73 Å². The lowest BCUT2D eigenvalue weighted by atomic mass is 10.0. The Morgan fingerprint density at radius 3 is 3.00 bits per heavy atom. The third kappa shape index (κ3) is 1.59. The lowest BCUT2D eigenvalue weighted by Gasteiger charge is -2.26. The van der Waals surface area contributed by atoms with Crippen molar-refractivity contribution in [3.8, 4) is 0 Å². The standard InChI is InChI=1S/C9H10N4O2/c10-3-5-13-8(14)6-2-1-4-11-7(6)12-9(13)15/h1-2,4,6H,3,5,10H2. The second-order valence-corrected chi connectivity index (χ2v) is 3.17. The topological polar surface area (TPSA) is 88.1 Å². The summed E-state index contributed by atoms with van der Waals surface area (Å²) in [5.74, 6) is -0.566. The molecular weight excluding hydrogens is 196 g/mol. The number of nitrogens with two attached hydrogens (primary N) is 1. The zero-order valence-corrected chi connectivity index (χ0v) is 7.96. The molecule has 0 aromatic heterocycles. The number of carbonyl (C=O) groups excluding carboxylic acids is 2. The van der Waals surface area contributed by atoms with Crippen molar-refractivity contribution in [2.24, 2.45) is 21.6 Å². The molecule has 2 aliphatic rings. The van der Waals surface area contributed by atoms with Crippen LogP contribution < -0.4 is 5.73 Å². The summed E-state index contributed by atoms with van der Waals surface area (Å²) in [6.45, 7) is 0.435. The van der Waals surface area contributed by atoms with Crippen LogP contribution in [0.15, 0.2) is 22.1 Å². The molecule has 2 N–H and O–H groups in total. The first-order chi connectivity index (χ1) is 7.24. The second kappa shape index (κ2) is 3.74. The van der Waals surface area contributed by atoms with Crippen LogP contribution in [0.1, 0.15) is 0 Å². The van der Waals surface area contributed by atoms with Crippen molar-refractivity contribution in [1.29, 1.82) is 0 Å². The Morgan fingerprint density at radius 2 is 2.27 bits per heavy atom. The highest BCUT2D eigenvalue weighted by Crippen LogP contribution is 2.17. The van der Waals surface area contributed by atoms with Crippen LogP contribution in [-0.4, -0.2) is 42.0 Å². The number of amidine groups is 1. The van der Waals surface area contributed by atoms with Gasteiger partial charge in [0.1, 0.15) is 11.8 Å². The fourth-order valence-electron chi connectivity index (χ4n) is 1.49. The molecule has 0 aromatic carbocycles. The van der Waals surface area contributed by atoms with Crippen LogP contribution in [0.4, 0.5) is 4.79 Å². The number of allylic oxidation sites excluding steroid dienone is 1. The minimum absolute atomic E-state index is 0.197. The minimum Gasteiger partial charge on any atom is -0.329 e. The van der Waals surface area contributed by atoms with Gasteiger partial charge in [0.2, 0.25) is 5.91 Å². The summed E-state index contributed by atoms with van der Waals surface area (Å²) in [4.78, 5) is 31.9. The zero-order chi connectivity index (χ0) is 10.8. The van der Waals surface area contributed by atoms with Crippen molar-refractivity contribution < 1.29 is 9.59 Å². The summed E-state index contributed by atoms with van der Waals surface area (Å²) in [7, 11) is 0. The van der Waals surface area contributed by atoms with E-state index in [9.17, 15) is 9.59 Å². The highest BCUT2D eigenvalue weighted by molar-refractivity contribution is 6.19. The molecular formula is C9H10N4O2. The molecule has 78 valence electrons. The molecule has 2 heterocycles. The SMILES string of the molecule is NCCN1C(=O)N=C2N=CC=CC2C1=O. The number of carbonyl (C=O) groups is 2. The number of fused-ring (bicyclic) bond motifs is 1. The van der Waals surface area contributed by atoms with Crippen molar-refractivity contribution in [2.75, 3.05) is 13.1 Å². The average molecular weight is 206 g/mol. The molecule has 0 aromatic rings. The van der Waals surface area contributed by atoms with E-state index in [1.54, 1.807) is 12.2 Å². The molecule has 0 fully saturated rings. The van der Waals surface area contributed by atoms with E-state index in [1.165, 1.54) is 6.21 Å². The average Bonchev–Trinajstić information content (AvgIpc) is 2.24. The molecule has 1 atom stereocenters. The molecule has 6 nitrogen and oxygen atoms in total. The first kappa shape index (κ1) is 9.72. The molecule has 6 heteroatoms. The fraction of sp³-hybridized carbons (Fsp3) is 0.333. The summed E-state index contributed by atoms with van der Waals surface area (Å²) < 4.78 is 0. The molecule has 3 amide bonds. The maximum Gasteiger partial charge on any atom is 0.352 e. The van der Waals surface area contributed by atoms with Gasteiger partial charge >= 0.3 is 6.03 Å². The third-order valence-corrected chi connectivity index (χ3v) is 2.20. The maximum atomic E-state index is 11.8. The molecule has 1 unspecified atom stereocenters. The van der Waals surface area contributed by atoms with Gasteiger partial charge in [-0.1, -0.05) is 6.08 Å². The van der Waals surface area contributed by atoms with Crippen molar-refractivity contribution in [3.63, 3.8) is 0 Å². The van der Waals surface area contributed by atoms with E-state index in [-0.39, 0.29) is 24.8 Å². The predicted molar refractivity (Wildman–Crippen MR) is 54.7 cm³/mol. The first-order valence-corrected chi connectivity index (χ1v) is 4.59. The number of hydrogen-bond donors (Lipinski definition) is 1. The Bertz CT molecular complexity index is 397. The van der Waals surface area contributed by atoms with Gasteiger partial charge in [-0.15, -0.1) is 0 Å². The van der Waals surface area contributed by atoms with Crippen LogP contribution in [0.25, 0.3) is 0 Å². The molecule has 2 aliphatic heterocycles. The van der Waals surface area contributed by atoms with E-state index in [0.29, 0.717) is 0 Å². The van der Waals surface area contributed by atoms with E-state index in [1.807, 2.05) is 0 Å². The van der Waals surface area contributed by atoms with Crippen LogP contribution in [-0.2, 0) is 4.79 Å². The van der Waals surface area contributed by atoms with Gasteiger partial charge in [-0.3, -0.25) is 9.69 Å². The molecule has 0 saturated carbocycles. The van der Waals surface area contributed by atoms with E-state index < -0.39 is 11.9 Å². The summed E-state index contributed by atoms with van der Waals surface area (Å²) in [6.07, 6.45) is 4.84. The summed E-state index contributed by atoms with van der Waals surface area (Å²) in [5, 5.41) is 0. The number of hydrogen-bond acceptors (Lipinski definition) is 4. The molecule has 15 heavy (non-hydrogen) atoms. The highest BCUT2D eigenvalue weighted by Gasteiger charge is 2.35. The van der Waals surface area contributed by atoms with E-state index >= 15 is 0 Å². The van der Waals surface area contributed by atoms with E-state index in [2.05, 4.69) is 9.98 Å². The van der Waals surface area contributed by atoms with Crippen LogP contribution >= 0.6 is 0 Å². The monoisotopic (exact) mass is 206 g/mol. The predicted octanol–water partition coefficient (Wildman–Crippen LogP) is -0.437. The van der Waals surface area contributed by atoms with Gasteiger partial charge in [0.25, 0.3) is 0 Å². The van der Waals surface area contributed by atoms with Gasteiger partial charge in [-0.2, -0.15) is 4.99 Å². The molecule has 0 spiro atoms. The van der Waals surface area contributed by atoms with Crippen molar-refractivity contribution >= 4 is 24.0 Å². The largest absolute Gasteiger partial charge is 0.352 e. The van der Waals surface area contributed by atoms with E-state index in [0.717, 1.165) is 4.90 Å². The number of urea groups is 1. The maximum absolute atomic E-state index is 11.8. The smallest absolute Gasteiger partial charge is 0.329 e. The van der Waals surface area contributed by atoms with Gasteiger partial charge in [-0.05, 0) is 6.08 Å². The zero-order valence-electron chi connectivity index (χ0n) is 7.96. The van der Waals surface area contributed by atoms with Crippen molar-refractivity contribution in [2.45, 2.75) is 0 Å². The minimum atomic E-state index is -0.579. The summed E-state index contributed by atoms with van der Waals surface area (Å²) in [6, 6.07) is -0.579. The van der Waals surface area contributed by atoms with Gasteiger partial charge in [0, 0.05) is 19.3 Å². The van der Waals surface area contributed by atoms with Gasteiger partial charge in [-0.25, -0.2) is 9.79 Å². The number of dihydropyridines is 1. The van der Waals surface area contributed by atoms with Crippen LogP contribution in [0.2, 0.25) is 0 Å². The Hall–Kier alpha value is -1.82. The quantitative estimate of drug-likeness (QED) is 0.664. The first-order valence-electron chi connectivity index (χ1n) is 4.59. The Balaban J connectivity index is 2.33. The normalized spacial score (nSPS) is 24.2. The number of nitrogens with zero attached hydrogens (tertiary/aromatic N) is 3. The van der Waals surface area contributed by atoms with Crippen LogP contribution in [0.5, 0.6) is 0 Å².